The van der Waals surface area contributed by atoms with Gasteiger partial charge in [0.15, 0.2) is 5.76 Å². The second kappa shape index (κ2) is 9.60. The number of likely N-dealkylation sites (tertiary alicyclic amines) is 1. The number of carbonyl (C=O) groups is 1. The predicted octanol–water partition coefficient (Wildman–Crippen LogP) is 3.03. The van der Waals surface area contributed by atoms with Crippen LogP contribution >= 0.6 is 0 Å². The second-order valence-corrected chi connectivity index (χ2v) is 7.20. The molecule has 0 aliphatic carbocycles. The molecule has 1 N–H and O–H groups in total. The van der Waals surface area contributed by atoms with E-state index in [9.17, 15) is 14.7 Å². The first kappa shape index (κ1) is 20.9. The minimum absolute atomic E-state index is 0.0550. The number of carbonyl (C=O) groups excluding carboxylic acids is 1. The van der Waals surface area contributed by atoms with Gasteiger partial charge in [-0.05, 0) is 32.0 Å². The first-order valence-corrected chi connectivity index (χ1v) is 9.81. The average molecular weight is 401 g/mol. The molecule has 29 heavy (non-hydrogen) atoms. The quantitative estimate of drug-likeness (QED) is 0.713. The van der Waals surface area contributed by atoms with Crippen molar-refractivity contribution >= 4 is 5.97 Å². The van der Waals surface area contributed by atoms with E-state index in [1.807, 2.05) is 0 Å². The molecule has 1 aromatic heterocycles. The number of hydrogen-bond acceptors (Lipinski definition) is 7. The number of rotatable bonds is 7. The number of nitrogens with zero attached hydrogens (tertiary/aromatic N) is 1. The number of para-hydroxylation sites is 1. The molecule has 1 unspecified atom stereocenters. The van der Waals surface area contributed by atoms with Gasteiger partial charge in [0.1, 0.15) is 11.5 Å². The summed E-state index contributed by atoms with van der Waals surface area (Å²) >= 11 is 0. The third kappa shape index (κ3) is 4.98. The Morgan fingerprint density at radius 1 is 1.21 bits per heavy atom. The molecule has 1 saturated heterocycles. The highest BCUT2D eigenvalue weighted by molar-refractivity contribution is 5.71. The Morgan fingerprint density at radius 3 is 2.62 bits per heavy atom. The van der Waals surface area contributed by atoms with Gasteiger partial charge in [-0.25, -0.2) is 0 Å². The van der Waals surface area contributed by atoms with Gasteiger partial charge in [0.25, 0.3) is 0 Å². The van der Waals surface area contributed by atoms with Crippen molar-refractivity contribution in [1.29, 1.82) is 0 Å². The van der Waals surface area contributed by atoms with Crippen molar-refractivity contribution in [2.24, 2.45) is 0 Å². The van der Waals surface area contributed by atoms with Crippen LogP contribution in [-0.2, 0) is 16.1 Å². The van der Waals surface area contributed by atoms with Crippen LogP contribution in [0.3, 0.4) is 0 Å². The zero-order valence-electron chi connectivity index (χ0n) is 16.8. The van der Waals surface area contributed by atoms with Crippen molar-refractivity contribution in [2.75, 3.05) is 27.3 Å². The highest BCUT2D eigenvalue weighted by atomic mass is 16.5. The van der Waals surface area contributed by atoms with Crippen LogP contribution in [-0.4, -0.2) is 43.3 Å². The zero-order valence-corrected chi connectivity index (χ0v) is 16.8. The summed E-state index contributed by atoms with van der Waals surface area (Å²) in [5.41, 5.74) is 0.108. The molecule has 1 aliphatic heterocycles. The third-order valence-electron chi connectivity index (χ3n) is 5.26. The van der Waals surface area contributed by atoms with Gasteiger partial charge in [-0.3, -0.25) is 14.5 Å². The predicted molar refractivity (Wildman–Crippen MR) is 107 cm³/mol. The number of ether oxygens (including phenoxy) is 2. The van der Waals surface area contributed by atoms with E-state index in [2.05, 4.69) is 4.90 Å². The molecule has 1 aliphatic rings. The molecular formula is C22H27NO6. The molecule has 2 heterocycles. The smallest absolute Gasteiger partial charge is 0.306 e. The molecule has 3 rings (SSSR count). The summed E-state index contributed by atoms with van der Waals surface area (Å²) in [5.74, 6) is -0.636. The van der Waals surface area contributed by atoms with Gasteiger partial charge in [0, 0.05) is 11.6 Å². The molecule has 7 heteroatoms. The summed E-state index contributed by atoms with van der Waals surface area (Å²) in [6.07, 6.45) is 3.33. The molecular weight excluding hydrogens is 374 g/mol. The molecule has 1 atom stereocenters. The Morgan fingerprint density at radius 2 is 1.93 bits per heavy atom. The van der Waals surface area contributed by atoms with Crippen molar-refractivity contribution in [1.82, 2.24) is 4.90 Å². The largest absolute Gasteiger partial charge is 0.502 e. The summed E-state index contributed by atoms with van der Waals surface area (Å²) in [4.78, 5) is 26.8. The van der Waals surface area contributed by atoms with Crippen LogP contribution in [0.4, 0.5) is 0 Å². The van der Waals surface area contributed by atoms with Gasteiger partial charge in [0.2, 0.25) is 11.2 Å². The summed E-state index contributed by atoms with van der Waals surface area (Å²) in [6.45, 7) is 2.37. The maximum Gasteiger partial charge on any atom is 0.306 e. The van der Waals surface area contributed by atoms with E-state index in [0.29, 0.717) is 23.6 Å². The fourth-order valence-electron chi connectivity index (χ4n) is 3.76. The number of esters is 1. The van der Waals surface area contributed by atoms with Crippen LogP contribution in [0.15, 0.2) is 39.5 Å². The zero-order chi connectivity index (χ0) is 20.8. The topological polar surface area (TPSA) is 89.2 Å². The number of hydrogen-bond donors (Lipinski definition) is 1. The highest BCUT2D eigenvalue weighted by Gasteiger charge is 2.29. The Labute approximate surface area is 169 Å². The summed E-state index contributed by atoms with van der Waals surface area (Å²) in [5, 5.41) is 10.5. The van der Waals surface area contributed by atoms with E-state index in [4.69, 9.17) is 13.9 Å². The lowest BCUT2D eigenvalue weighted by atomic mass is 9.91. The second-order valence-electron chi connectivity index (χ2n) is 7.20. The van der Waals surface area contributed by atoms with E-state index < -0.39 is 23.1 Å². The molecule has 0 amide bonds. The van der Waals surface area contributed by atoms with Crippen LogP contribution in [0.1, 0.15) is 48.7 Å². The van der Waals surface area contributed by atoms with Crippen LogP contribution < -0.4 is 10.2 Å². The molecule has 0 bridgehead atoms. The van der Waals surface area contributed by atoms with Gasteiger partial charge in [-0.15, -0.1) is 0 Å². The Balaban J connectivity index is 2.03. The van der Waals surface area contributed by atoms with E-state index in [-0.39, 0.29) is 12.2 Å². The number of benzene rings is 1. The monoisotopic (exact) mass is 401 g/mol. The van der Waals surface area contributed by atoms with Crippen molar-refractivity contribution in [2.45, 2.75) is 38.1 Å². The minimum atomic E-state index is -0.715. The number of methoxy groups -OCH3 is 2. The molecule has 1 aromatic carbocycles. The summed E-state index contributed by atoms with van der Waals surface area (Å²) in [7, 11) is 2.82. The molecule has 156 valence electrons. The normalized spacial score (nSPS) is 15.7. The lowest BCUT2D eigenvalue weighted by Crippen LogP contribution is -2.29. The lowest BCUT2D eigenvalue weighted by Gasteiger charge is -2.26. The Bertz CT molecular complexity index is 900. The van der Waals surface area contributed by atoms with E-state index >= 15 is 0 Å². The average Bonchev–Trinajstić information content (AvgIpc) is 2.75. The van der Waals surface area contributed by atoms with Gasteiger partial charge in [-0.1, -0.05) is 24.6 Å². The molecule has 2 aromatic rings. The standard InChI is InChI=1S/C22H27NO6/c1-27-19-9-5-4-8-16(19)17(13-20(25)28-2)22-21(26)18(24)12-15(29-22)14-23-10-6-3-7-11-23/h4-5,8-9,12,17,26H,3,6-7,10-11,13-14H2,1-2H3. The van der Waals surface area contributed by atoms with Crippen LogP contribution in [0.25, 0.3) is 0 Å². The van der Waals surface area contributed by atoms with Gasteiger partial charge >= 0.3 is 5.97 Å². The Kier molecular flexibility index (Phi) is 6.93. The van der Waals surface area contributed by atoms with Gasteiger partial charge < -0.3 is 19.0 Å². The number of aromatic hydroxyl groups is 1. The maximum atomic E-state index is 12.5. The van der Waals surface area contributed by atoms with Crippen molar-refractivity contribution < 1.29 is 23.8 Å². The van der Waals surface area contributed by atoms with Crippen LogP contribution in [0.5, 0.6) is 11.5 Å². The van der Waals surface area contributed by atoms with Gasteiger partial charge in [0.05, 0.1) is 33.1 Å². The van der Waals surface area contributed by atoms with Crippen LogP contribution in [0, 0.1) is 0 Å². The van der Waals surface area contributed by atoms with E-state index in [0.717, 1.165) is 25.9 Å². The fraction of sp³-hybridized carbons (Fsp3) is 0.455. The molecule has 7 nitrogen and oxygen atoms in total. The first-order valence-electron chi connectivity index (χ1n) is 9.81. The molecule has 0 radical (unpaired) electrons. The van der Waals surface area contributed by atoms with Crippen molar-refractivity contribution in [3.8, 4) is 11.5 Å². The first-order chi connectivity index (χ1) is 14.0. The molecule has 0 spiro atoms. The number of piperidine rings is 1. The highest BCUT2D eigenvalue weighted by Crippen LogP contribution is 2.38. The lowest BCUT2D eigenvalue weighted by molar-refractivity contribution is -0.140. The van der Waals surface area contributed by atoms with Crippen molar-refractivity contribution in [3.63, 3.8) is 0 Å². The van der Waals surface area contributed by atoms with Crippen LogP contribution in [0.2, 0.25) is 0 Å². The summed E-state index contributed by atoms with van der Waals surface area (Å²) < 4.78 is 16.3. The molecule has 0 saturated carbocycles. The maximum absolute atomic E-state index is 12.5. The van der Waals surface area contributed by atoms with E-state index in [1.165, 1.54) is 26.7 Å². The van der Waals surface area contributed by atoms with Gasteiger partial charge in [-0.2, -0.15) is 0 Å². The summed E-state index contributed by atoms with van der Waals surface area (Å²) in [6, 6.07) is 8.47. The molecule has 1 fully saturated rings. The fourth-order valence-corrected chi connectivity index (χ4v) is 3.76. The SMILES string of the molecule is COC(=O)CC(c1ccccc1OC)c1oc(CN2CCCCC2)cc(=O)c1O. The Hall–Kier alpha value is -2.80. The van der Waals surface area contributed by atoms with Crippen molar-refractivity contribution in [3.05, 3.63) is 57.6 Å². The van der Waals surface area contributed by atoms with E-state index in [1.54, 1.807) is 24.3 Å². The minimum Gasteiger partial charge on any atom is -0.502 e. The third-order valence-corrected chi connectivity index (χ3v) is 5.26.